The maximum absolute atomic E-state index is 9.16. The Morgan fingerprint density at radius 1 is 1.28 bits per heavy atom. The molecule has 122 valence electrons. The molecule has 25 heavy (non-hydrogen) atoms. The minimum Gasteiger partial charge on any atom is -0.334 e. The van der Waals surface area contributed by atoms with E-state index in [0.29, 0.717) is 17.3 Å². The van der Waals surface area contributed by atoms with Gasteiger partial charge in [0.05, 0.1) is 17.4 Å². The van der Waals surface area contributed by atoms with Crippen molar-refractivity contribution in [1.29, 1.82) is 10.5 Å². The van der Waals surface area contributed by atoms with Crippen molar-refractivity contribution in [3.8, 4) is 29.4 Å². The molecular weight excluding hydrogens is 318 g/mol. The molecule has 1 aliphatic rings. The van der Waals surface area contributed by atoms with Crippen molar-refractivity contribution in [3.63, 3.8) is 0 Å². The average molecular weight is 331 g/mol. The molecule has 1 atom stereocenters. The van der Waals surface area contributed by atoms with Crippen LogP contribution in [0, 0.1) is 22.8 Å². The quantitative estimate of drug-likeness (QED) is 0.678. The van der Waals surface area contributed by atoms with Crippen LogP contribution >= 0.6 is 0 Å². The standard InChI is InChI=1S/C17H13N7O/c18-8-12-9-20-24(10-12)14-4-1-3-13(7-14)17-21-16(22-25-17)15-5-2-6-23(15)11-19/h1,3-4,7,9-10,15H,2,5-6H2. The Balaban J connectivity index is 1.64. The van der Waals surface area contributed by atoms with Crippen molar-refractivity contribution >= 4 is 0 Å². The average Bonchev–Trinajstić information content (AvgIpc) is 3.41. The van der Waals surface area contributed by atoms with Gasteiger partial charge in [0, 0.05) is 18.3 Å². The third-order valence-corrected chi connectivity index (χ3v) is 4.19. The Morgan fingerprint density at radius 2 is 2.20 bits per heavy atom. The smallest absolute Gasteiger partial charge is 0.258 e. The van der Waals surface area contributed by atoms with E-state index in [0.717, 1.165) is 30.6 Å². The molecule has 0 bridgehead atoms. The summed E-state index contributed by atoms with van der Waals surface area (Å²) in [5, 5.41) is 26.3. The Morgan fingerprint density at radius 3 is 3.00 bits per heavy atom. The number of nitrogens with zero attached hydrogens (tertiary/aromatic N) is 7. The zero-order chi connectivity index (χ0) is 17.2. The molecule has 1 saturated heterocycles. The summed E-state index contributed by atoms with van der Waals surface area (Å²) in [7, 11) is 0. The first-order valence-electron chi connectivity index (χ1n) is 7.84. The molecule has 2 aromatic heterocycles. The van der Waals surface area contributed by atoms with Crippen molar-refractivity contribution in [2.24, 2.45) is 0 Å². The highest BCUT2D eigenvalue weighted by Crippen LogP contribution is 2.30. The molecule has 4 rings (SSSR count). The Labute approximate surface area is 143 Å². The molecular formula is C17H13N7O. The summed E-state index contributed by atoms with van der Waals surface area (Å²) < 4.78 is 7.01. The van der Waals surface area contributed by atoms with Gasteiger partial charge in [-0.15, -0.1) is 0 Å². The van der Waals surface area contributed by atoms with Crippen LogP contribution in [0.4, 0.5) is 0 Å². The lowest BCUT2D eigenvalue weighted by atomic mass is 10.2. The molecule has 0 N–H and O–H groups in total. The molecule has 0 spiro atoms. The van der Waals surface area contributed by atoms with E-state index in [2.05, 4.69) is 27.5 Å². The van der Waals surface area contributed by atoms with Gasteiger partial charge in [0.25, 0.3) is 5.89 Å². The Kier molecular flexibility index (Phi) is 3.64. The maximum Gasteiger partial charge on any atom is 0.258 e. The fourth-order valence-corrected chi connectivity index (χ4v) is 2.95. The molecule has 0 amide bonds. The highest BCUT2D eigenvalue weighted by atomic mass is 16.5. The molecule has 3 aromatic rings. The molecule has 3 heterocycles. The second-order valence-electron chi connectivity index (χ2n) is 5.74. The van der Waals surface area contributed by atoms with Crippen LogP contribution in [0.25, 0.3) is 17.1 Å². The SMILES string of the molecule is N#Cc1cnn(-c2cccc(-c3nc(C4CCCN4C#N)no3)c2)c1. The van der Waals surface area contributed by atoms with Crippen LogP contribution in [0.2, 0.25) is 0 Å². The highest BCUT2D eigenvalue weighted by molar-refractivity contribution is 5.57. The van der Waals surface area contributed by atoms with Crippen molar-refractivity contribution < 1.29 is 4.52 Å². The number of benzene rings is 1. The monoisotopic (exact) mass is 331 g/mol. The number of likely N-dealkylation sites (tertiary alicyclic amines) is 1. The van der Waals surface area contributed by atoms with Gasteiger partial charge in [0.1, 0.15) is 12.1 Å². The van der Waals surface area contributed by atoms with Crippen LogP contribution in [0.1, 0.15) is 30.3 Å². The third-order valence-electron chi connectivity index (χ3n) is 4.19. The number of rotatable bonds is 3. The van der Waals surface area contributed by atoms with Crippen LogP contribution in [-0.4, -0.2) is 31.4 Å². The molecule has 0 radical (unpaired) electrons. The van der Waals surface area contributed by atoms with E-state index in [9.17, 15) is 0 Å². The summed E-state index contributed by atoms with van der Waals surface area (Å²) >= 11 is 0. The van der Waals surface area contributed by atoms with E-state index in [4.69, 9.17) is 15.0 Å². The van der Waals surface area contributed by atoms with Crippen LogP contribution in [0.3, 0.4) is 0 Å². The van der Waals surface area contributed by atoms with Crippen LogP contribution in [-0.2, 0) is 0 Å². The van der Waals surface area contributed by atoms with Gasteiger partial charge in [-0.2, -0.15) is 20.6 Å². The molecule has 1 aromatic carbocycles. The minimum absolute atomic E-state index is 0.116. The first-order chi connectivity index (χ1) is 12.3. The van der Waals surface area contributed by atoms with Gasteiger partial charge in [-0.1, -0.05) is 11.2 Å². The maximum atomic E-state index is 9.16. The summed E-state index contributed by atoms with van der Waals surface area (Å²) in [4.78, 5) is 6.14. The molecule has 0 aliphatic carbocycles. The highest BCUT2D eigenvalue weighted by Gasteiger charge is 2.29. The summed E-state index contributed by atoms with van der Waals surface area (Å²) in [6, 6.07) is 9.41. The first-order valence-corrected chi connectivity index (χ1v) is 7.84. The van der Waals surface area contributed by atoms with E-state index in [-0.39, 0.29) is 6.04 Å². The van der Waals surface area contributed by atoms with Crippen LogP contribution < -0.4 is 0 Å². The number of hydrogen-bond acceptors (Lipinski definition) is 7. The largest absolute Gasteiger partial charge is 0.334 e. The summed E-state index contributed by atoms with van der Waals surface area (Å²) in [5.41, 5.74) is 2.04. The molecule has 1 unspecified atom stereocenters. The lowest BCUT2D eigenvalue weighted by molar-refractivity contribution is 0.339. The second-order valence-corrected chi connectivity index (χ2v) is 5.74. The lowest BCUT2D eigenvalue weighted by Gasteiger charge is -2.13. The molecule has 8 heteroatoms. The van der Waals surface area contributed by atoms with Gasteiger partial charge < -0.3 is 4.52 Å². The second kappa shape index (κ2) is 6.10. The first kappa shape index (κ1) is 14.9. The van der Waals surface area contributed by atoms with Gasteiger partial charge in [-0.05, 0) is 31.0 Å². The van der Waals surface area contributed by atoms with E-state index in [1.54, 1.807) is 15.8 Å². The third kappa shape index (κ3) is 2.70. The lowest BCUT2D eigenvalue weighted by Crippen LogP contribution is -2.17. The van der Waals surface area contributed by atoms with E-state index in [1.807, 2.05) is 24.3 Å². The van der Waals surface area contributed by atoms with Gasteiger partial charge in [-0.25, -0.2) is 4.68 Å². The predicted octanol–water partition coefficient (Wildman–Crippen LogP) is 2.41. The van der Waals surface area contributed by atoms with Gasteiger partial charge in [0.2, 0.25) is 0 Å². The summed E-state index contributed by atoms with van der Waals surface area (Å²) in [6.07, 6.45) is 7.12. The zero-order valence-electron chi connectivity index (χ0n) is 13.2. The van der Waals surface area contributed by atoms with Crippen molar-refractivity contribution in [3.05, 3.63) is 48.0 Å². The molecule has 0 saturated carbocycles. The van der Waals surface area contributed by atoms with E-state index in [1.165, 1.54) is 6.20 Å². The van der Waals surface area contributed by atoms with E-state index >= 15 is 0 Å². The van der Waals surface area contributed by atoms with Crippen molar-refractivity contribution in [2.45, 2.75) is 18.9 Å². The predicted molar refractivity (Wildman–Crippen MR) is 85.9 cm³/mol. The van der Waals surface area contributed by atoms with Crippen LogP contribution in [0.5, 0.6) is 0 Å². The summed E-state index contributed by atoms with van der Waals surface area (Å²) in [5.74, 6) is 0.930. The van der Waals surface area contributed by atoms with Gasteiger partial charge in [0.15, 0.2) is 12.0 Å². The summed E-state index contributed by atoms with van der Waals surface area (Å²) in [6.45, 7) is 0.723. The topological polar surface area (TPSA) is 108 Å². The fourth-order valence-electron chi connectivity index (χ4n) is 2.95. The minimum atomic E-state index is -0.116. The molecule has 1 fully saturated rings. The van der Waals surface area contributed by atoms with Gasteiger partial charge in [-0.3, -0.25) is 4.90 Å². The fraction of sp³-hybridized carbons (Fsp3) is 0.235. The normalized spacial score (nSPS) is 16.6. The van der Waals surface area contributed by atoms with E-state index < -0.39 is 0 Å². The van der Waals surface area contributed by atoms with Gasteiger partial charge >= 0.3 is 0 Å². The van der Waals surface area contributed by atoms with Crippen LogP contribution in [0.15, 0.2) is 41.2 Å². The van der Waals surface area contributed by atoms with Crippen molar-refractivity contribution in [1.82, 2.24) is 24.8 Å². The number of nitriles is 2. The Hall–Kier alpha value is -3.65. The zero-order valence-corrected chi connectivity index (χ0v) is 13.2. The molecule has 1 aliphatic heterocycles. The molecule has 8 nitrogen and oxygen atoms in total. The van der Waals surface area contributed by atoms with Crippen molar-refractivity contribution in [2.75, 3.05) is 6.54 Å². The Bertz CT molecular complexity index is 991. The number of hydrogen-bond donors (Lipinski definition) is 0. The number of aromatic nitrogens is 4.